The third-order valence-electron chi connectivity index (χ3n) is 3.51. The fourth-order valence-corrected chi connectivity index (χ4v) is 2.34. The topological polar surface area (TPSA) is 47.6 Å². The quantitative estimate of drug-likeness (QED) is 0.786. The molecule has 0 spiro atoms. The molecule has 1 aromatic rings. The van der Waals surface area contributed by atoms with Gasteiger partial charge < -0.3 is 14.8 Å². The molecule has 1 heterocycles. The van der Waals surface area contributed by atoms with E-state index < -0.39 is 0 Å². The van der Waals surface area contributed by atoms with Crippen LogP contribution in [-0.2, 0) is 9.47 Å². The second-order valence-corrected chi connectivity index (χ2v) is 5.28. The van der Waals surface area contributed by atoms with Crippen molar-refractivity contribution >= 4 is 5.91 Å². The lowest BCUT2D eigenvalue weighted by atomic mass is 10.1. The lowest BCUT2D eigenvalue weighted by Crippen LogP contribution is -2.26. The van der Waals surface area contributed by atoms with Gasteiger partial charge in [-0.3, -0.25) is 4.79 Å². The summed E-state index contributed by atoms with van der Waals surface area (Å²) in [6.45, 7) is 4.33. The van der Waals surface area contributed by atoms with Gasteiger partial charge in [-0.25, -0.2) is 4.39 Å². The molecule has 1 aliphatic heterocycles. The summed E-state index contributed by atoms with van der Waals surface area (Å²) < 4.78 is 23.9. The summed E-state index contributed by atoms with van der Waals surface area (Å²) >= 11 is 0. The van der Waals surface area contributed by atoms with Crippen LogP contribution in [-0.4, -0.2) is 38.4 Å². The van der Waals surface area contributed by atoms with Crippen molar-refractivity contribution in [1.29, 1.82) is 0 Å². The summed E-state index contributed by atoms with van der Waals surface area (Å²) in [6, 6.07) is 4.17. The zero-order valence-electron chi connectivity index (χ0n) is 12.4. The SMILES string of the molecule is Cc1cc(F)ccc1C(=O)NCCCOCC1CCCO1. The largest absolute Gasteiger partial charge is 0.379 e. The number of carbonyl (C=O) groups excluding carboxylic acids is 1. The lowest BCUT2D eigenvalue weighted by Gasteiger charge is -2.11. The van der Waals surface area contributed by atoms with Crippen LogP contribution < -0.4 is 5.32 Å². The minimum Gasteiger partial charge on any atom is -0.379 e. The standard InChI is InChI=1S/C16H22FNO3/c1-12-10-13(17)5-6-15(12)16(19)18-7-3-8-20-11-14-4-2-9-21-14/h5-6,10,14H,2-4,7-9,11H2,1H3,(H,18,19). The first kappa shape index (κ1) is 15.9. The van der Waals surface area contributed by atoms with Crippen LogP contribution in [0.2, 0.25) is 0 Å². The number of rotatable bonds is 7. The van der Waals surface area contributed by atoms with Crippen LogP contribution in [0.3, 0.4) is 0 Å². The maximum Gasteiger partial charge on any atom is 0.251 e. The first-order valence-corrected chi connectivity index (χ1v) is 7.40. The maximum atomic E-state index is 13.0. The maximum absolute atomic E-state index is 13.0. The molecule has 1 unspecified atom stereocenters. The van der Waals surface area contributed by atoms with E-state index in [1.54, 1.807) is 6.92 Å². The Morgan fingerprint density at radius 2 is 2.38 bits per heavy atom. The van der Waals surface area contributed by atoms with Crippen molar-refractivity contribution < 1.29 is 18.7 Å². The molecule has 1 atom stereocenters. The smallest absolute Gasteiger partial charge is 0.251 e. The third kappa shape index (κ3) is 5.10. The number of nitrogens with one attached hydrogen (secondary N) is 1. The van der Waals surface area contributed by atoms with Gasteiger partial charge in [-0.1, -0.05) is 0 Å². The van der Waals surface area contributed by atoms with Crippen molar-refractivity contribution in [1.82, 2.24) is 5.32 Å². The molecule has 0 aromatic heterocycles. The molecule has 1 N–H and O–H groups in total. The van der Waals surface area contributed by atoms with E-state index in [-0.39, 0.29) is 17.8 Å². The van der Waals surface area contributed by atoms with Gasteiger partial charge in [0.2, 0.25) is 0 Å². The highest BCUT2D eigenvalue weighted by molar-refractivity contribution is 5.95. The Kier molecular flexibility index (Phi) is 6.14. The zero-order valence-corrected chi connectivity index (χ0v) is 12.4. The molecule has 21 heavy (non-hydrogen) atoms. The van der Waals surface area contributed by atoms with Crippen molar-refractivity contribution in [2.45, 2.75) is 32.3 Å². The van der Waals surface area contributed by atoms with Crippen molar-refractivity contribution in [3.05, 3.63) is 35.1 Å². The van der Waals surface area contributed by atoms with Crippen molar-refractivity contribution in [2.24, 2.45) is 0 Å². The highest BCUT2D eigenvalue weighted by Gasteiger charge is 2.15. The average Bonchev–Trinajstić information content (AvgIpc) is 2.95. The summed E-state index contributed by atoms with van der Waals surface area (Å²) in [5.41, 5.74) is 1.15. The number of hydrogen-bond donors (Lipinski definition) is 1. The second kappa shape index (κ2) is 8.10. The zero-order chi connectivity index (χ0) is 15.1. The Labute approximate surface area is 124 Å². The van der Waals surface area contributed by atoms with Gasteiger partial charge in [0.1, 0.15) is 5.82 Å². The molecule has 0 bridgehead atoms. The third-order valence-corrected chi connectivity index (χ3v) is 3.51. The number of hydrogen-bond acceptors (Lipinski definition) is 3. The number of benzene rings is 1. The fourth-order valence-electron chi connectivity index (χ4n) is 2.34. The highest BCUT2D eigenvalue weighted by Crippen LogP contribution is 2.12. The Hall–Kier alpha value is -1.46. The van der Waals surface area contributed by atoms with Gasteiger partial charge in [-0.2, -0.15) is 0 Å². The Balaban J connectivity index is 1.60. The summed E-state index contributed by atoms with van der Waals surface area (Å²) in [4.78, 5) is 11.9. The van der Waals surface area contributed by atoms with Crippen LogP contribution in [0.1, 0.15) is 35.2 Å². The van der Waals surface area contributed by atoms with E-state index in [9.17, 15) is 9.18 Å². The van der Waals surface area contributed by atoms with Crippen molar-refractivity contribution in [3.63, 3.8) is 0 Å². The monoisotopic (exact) mass is 295 g/mol. The van der Waals surface area contributed by atoms with E-state index in [0.717, 1.165) is 25.9 Å². The van der Waals surface area contributed by atoms with E-state index in [2.05, 4.69) is 5.32 Å². The number of halogens is 1. The van der Waals surface area contributed by atoms with Crippen LogP contribution in [0.4, 0.5) is 4.39 Å². The van der Waals surface area contributed by atoms with Crippen molar-refractivity contribution in [3.8, 4) is 0 Å². The molecule has 1 amide bonds. The van der Waals surface area contributed by atoms with Gasteiger partial charge in [0.15, 0.2) is 0 Å². The molecule has 1 saturated heterocycles. The number of ether oxygens (including phenoxy) is 2. The van der Waals surface area contributed by atoms with Gasteiger partial charge in [0.25, 0.3) is 5.91 Å². The Bertz CT molecular complexity index is 473. The predicted octanol–water partition coefficient (Wildman–Crippen LogP) is 2.45. The number of carbonyl (C=O) groups is 1. The molecular weight excluding hydrogens is 273 g/mol. The summed E-state index contributed by atoms with van der Waals surface area (Å²) in [5, 5.41) is 2.82. The molecule has 2 rings (SSSR count). The number of amides is 1. The van der Waals surface area contributed by atoms with Gasteiger partial charge in [0.05, 0.1) is 12.7 Å². The molecular formula is C16H22FNO3. The van der Waals surface area contributed by atoms with E-state index in [0.29, 0.717) is 30.9 Å². The summed E-state index contributed by atoms with van der Waals surface area (Å²) in [7, 11) is 0. The van der Waals surface area contributed by atoms with E-state index in [1.165, 1.54) is 18.2 Å². The van der Waals surface area contributed by atoms with E-state index in [4.69, 9.17) is 9.47 Å². The number of aryl methyl sites for hydroxylation is 1. The van der Waals surface area contributed by atoms with Gasteiger partial charge >= 0.3 is 0 Å². The Morgan fingerprint density at radius 1 is 1.52 bits per heavy atom. The van der Waals surface area contributed by atoms with Gasteiger partial charge in [0, 0.05) is 25.3 Å². The molecule has 1 aliphatic rings. The molecule has 4 nitrogen and oxygen atoms in total. The van der Waals surface area contributed by atoms with Crippen LogP contribution in [0.5, 0.6) is 0 Å². The normalized spacial score (nSPS) is 17.9. The molecule has 0 aliphatic carbocycles. The minimum absolute atomic E-state index is 0.174. The molecule has 0 saturated carbocycles. The molecule has 0 radical (unpaired) electrons. The lowest BCUT2D eigenvalue weighted by molar-refractivity contribution is 0.0166. The van der Waals surface area contributed by atoms with E-state index >= 15 is 0 Å². The van der Waals surface area contributed by atoms with Gasteiger partial charge in [-0.15, -0.1) is 0 Å². The second-order valence-electron chi connectivity index (χ2n) is 5.28. The summed E-state index contributed by atoms with van der Waals surface area (Å²) in [6.07, 6.45) is 3.17. The van der Waals surface area contributed by atoms with Crippen molar-refractivity contribution in [2.75, 3.05) is 26.4 Å². The summed E-state index contributed by atoms with van der Waals surface area (Å²) in [5.74, 6) is -0.502. The van der Waals surface area contributed by atoms with Crippen LogP contribution >= 0.6 is 0 Å². The van der Waals surface area contributed by atoms with E-state index in [1.807, 2.05) is 0 Å². The first-order chi connectivity index (χ1) is 10.2. The first-order valence-electron chi connectivity index (χ1n) is 7.40. The molecule has 1 fully saturated rings. The predicted molar refractivity (Wildman–Crippen MR) is 77.9 cm³/mol. The van der Waals surface area contributed by atoms with Crippen LogP contribution in [0.25, 0.3) is 0 Å². The Morgan fingerprint density at radius 3 is 3.10 bits per heavy atom. The van der Waals surface area contributed by atoms with Crippen LogP contribution in [0.15, 0.2) is 18.2 Å². The minimum atomic E-state index is -0.327. The molecule has 5 heteroatoms. The molecule has 116 valence electrons. The fraction of sp³-hybridized carbons (Fsp3) is 0.562. The average molecular weight is 295 g/mol. The van der Waals surface area contributed by atoms with Crippen LogP contribution in [0, 0.1) is 12.7 Å². The molecule has 1 aromatic carbocycles. The highest BCUT2D eigenvalue weighted by atomic mass is 19.1. The van der Waals surface area contributed by atoms with Gasteiger partial charge in [-0.05, 0) is 49.9 Å².